The summed E-state index contributed by atoms with van der Waals surface area (Å²) in [5, 5.41) is 11.8. The molecule has 3 N–H and O–H groups in total. The number of aromatic nitrogens is 1. The number of rotatable bonds is 3. The molecular weight excluding hydrogens is 350 g/mol. The van der Waals surface area contributed by atoms with Gasteiger partial charge in [0.05, 0.1) is 16.6 Å². The van der Waals surface area contributed by atoms with Crippen molar-refractivity contribution in [2.75, 3.05) is 25.5 Å². The highest BCUT2D eigenvalue weighted by Crippen LogP contribution is 2.28. The number of nitrogens with one attached hydrogen (secondary N) is 3. The van der Waals surface area contributed by atoms with Gasteiger partial charge in [-0.25, -0.2) is 9.78 Å². The first-order valence-corrected chi connectivity index (χ1v) is 8.90. The summed E-state index contributed by atoms with van der Waals surface area (Å²) in [7, 11) is 1.52. The Balaban J connectivity index is 1.51. The number of anilines is 1. The number of thiazole rings is 1. The first kappa shape index (κ1) is 16.4. The molecule has 0 atom stereocenters. The molecule has 1 saturated heterocycles. The predicted octanol–water partition coefficient (Wildman–Crippen LogP) is 0.950. The Morgan fingerprint density at radius 3 is 2.75 bits per heavy atom. The van der Waals surface area contributed by atoms with Gasteiger partial charge in [-0.3, -0.25) is 14.9 Å². The van der Waals surface area contributed by atoms with E-state index in [0.717, 1.165) is 10.6 Å². The van der Waals surface area contributed by atoms with E-state index < -0.39 is 11.8 Å². The van der Waals surface area contributed by atoms with E-state index in [9.17, 15) is 14.4 Å². The summed E-state index contributed by atoms with van der Waals surface area (Å²) in [5.41, 5.74) is 0.775. The van der Waals surface area contributed by atoms with Gasteiger partial charge in [-0.2, -0.15) is 0 Å². The molecule has 0 spiro atoms. The average molecular weight is 365 g/mol. The van der Waals surface area contributed by atoms with Crippen molar-refractivity contribution in [3.8, 4) is 10.6 Å². The van der Waals surface area contributed by atoms with Crippen LogP contribution in [0.25, 0.3) is 10.6 Å². The van der Waals surface area contributed by atoms with Gasteiger partial charge >= 0.3 is 17.8 Å². The molecule has 0 aliphatic carbocycles. The minimum atomic E-state index is -0.722. The molecule has 1 aliphatic heterocycles. The van der Waals surface area contributed by atoms with Crippen molar-refractivity contribution >= 4 is 45.7 Å². The van der Waals surface area contributed by atoms with Gasteiger partial charge in [-0.1, -0.05) is 6.07 Å². The third-order valence-corrected chi connectivity index (χ3v) is 5.07. The average Bonchev–Trinajstić information content (AvgIpc) is 3.20. The fourth-order valence-corrected chi connectivity index (χ4v) is 3.62. The number of likely N-dealkylation sites (tertiary alicyclic amines) is 1. The van der Waals surface area contributed by atoms with Crippen LogP contribution in [-0.4, -0.2) is 53.9 Å². The van der Waals surface area contributed by atoms with Crippen LogP contribution >= 0.6 is 22.7 Å². The molecule has 8 nitrogen and oxygen atoms in total. The van der Waals surface area contributed by atoms with Crippen LogP contribution in [0, 0.1) is 0 Å². The summed E-state index contributed by atoms with van der Waals surface area (Å²) in [6, 6.07) is 3.43. The van der Waals surface area contributed by atoms with Crippen molar-refractivity contribution in [1.29, 1.82) is 0 Å². The molecule has 3 heterocycles. The van der Waals surface area contributed by atoms with Crippen molar-refractivity contribution < 1.29 is 14.4 Å². The molecule has 1 aliphatic rings. The second kappa shape index (κ2) is 6.97. The van der Waals surface area contributed by atoms with Crippen LogP contribution in [0.5, 0.6) is 0 Å². The molecule has 0 unspecified atom stereocenters. The Morgan fingerprint density at radius 1 is 1.29 bits per heavy atom. The number of carbonyl (C=O) groups excluding carboxylic acids is 3. The van der Waals surface area contributed by atoms with Gasteiger partial charge in [-0.15, -0.1) is 22.7 Å². The Bertz CT molecular complexity index is 752. The van der Waals surface area contributed by atoms with Crippen LogP contribution < -0.4 is 16.0 Å². The summed E-state index contributed by atoms with van der Waals surface area (Å²) in [5.74, 6) is -1.35. The van der Waals surface area contributed by atoms with Crippen LogP contribution in [0.1, 0.15) is 0 Å². The number of thiophene rings is 1. The number of carbonyl (C=O) groups is 3. The number of hydrogen-bond acceptors (Lipinski definition) is 6. The molecule has 24 heavy (non-hydrogen) atoms. The van der Waals surface area contributed by atoms with Crippen molar-refractivity contribution in [3.05, 3.63) is 22.9 Å². The van der Waals surface area contributed by atoms with Gasteiger partial charge in [0.15, 0.2) is 5.13 Å². The van der Waals surface area contributed by atoms with E-state index in [0.29, 0.717) is 18.2 Å². The summed E-state index contributed by atoms with van der Waals surface area (Å²) in [4.78, 5) is 41.9. The van der Waals surface area contributed by atoms with Crippen molar-refractivity contribution in [3.63, 3.8) is 0 Å². The maximum Gasteiger partial charge on any atom is 0.315 e. The highest BCUT2D eigenvalue weighted by molar-refractivity contribution is 7.16. The number of urea groups is 1. The zero-order valence-electron chi connectivity index (χ0n) is 12.7. The van der Waals surface area contributed by atoms with Gasteiger partial charge < -0.3 is 15.5 Å². The minimum absolute atomic E-state index is 0.132. The van der Waals surface area contributed by atoms with Crippen molar-refractivity contribution in [1.82, 2.24) is 20.5 Å². The third kappa shape index (κ3) is 3.54. The first-order chi connectivity index (χ1) is 11.6. The molecule has 0 saturated carbocycles. The van der Waals surface area contributed by atoms with Gasteiger partial charge in [0.1, 0.15) is 0 Å². The number of nitrogens with zero attached hydrogens (tertiary/aromatic N) is 2. The van der Waals surface area contributed by atoms with Crippen molar-refractivity contribution in [2.45, 2.75) is 6.04 Å². The molecule has 0 radical (unpaired) electrons. The zero-order valence-corrected chi connectivity index (χ0v) is 14.4. The lowest BCUT2D eigenvalue weighted by Crippen LogP contribution is -2.63. The largest absolute Gasteiger partial charge is 0.341 e. The van der Waals surface area contributed by atoms with E-state index >= 15 is 0 Å². The lowest BCUT2D eigenvalue weighted by Gasteiger charge is -2.38. The smallest absolute Gasteiger partial charge is 0.315 e. The number of amides is 4. The van der Waals surface area contributed by atoms with E-state index in [2.05, 4.69) is 20.9 Å². The maximum atomic E-state index is 12.0. The highest BCUT2D eigenvalue weighted by Gasteiger charge is 2.35. The van der Waals surface area contributed by atoms with Crippen LogP contribution in [0.4, 0.5) is 9.93 Å². The monoisotopic (exact) mass is 365 g/mol. The first-order valence-electron chi connectivity index (χ1n) is 7.14. The van der Waals surface area contributed by atoms with Gasteiger partial charge in [0.2, 0.25) is 0 Å². The predicted molar refractivity (Wildman–Crippen MR) is 92.0 cm³/mol. The second-order valence-corrected chi connectivity index (χ2v) is 6.91. The molecule has 126 valence electrons. The third-order valence-electron chi connectivity index (χ3n) is 3.42. The maximum absolute atomic E-state index is 12.0. The Hall–Kier alpha value is -2.46. The second-order valence-electron chi connectivity index (χ2n) is 5.10. The fraction of sp³-hybridized carbons (Fsp3) is 0.286. The standard InChI is InChI=1S/C14H15N5O3S2/c1-15-13(22)16-8-5-19(6-8)12(21)11(20)18-14-17-9(7-24-14)10-3-2-4-23-10/h2-4,7-8H,5-6H2,1H3,(H2,15,16,22)(H,17,18,20). The quantitative estimate of drug-likeness (QED) is 0.705. The topological polar surface area (TPSA) is 103 Å². The molecule has 3 rings (SSSR count). The molecule has 2 aromatic heterocycles. The van der Waals surface area contributed by atoms with Gasteiger partial charge in [-0.05, 0) is 11.4 Å². The van der Waals surface area contributed by atoms with Crippen LogP contribution in [-0.2, 0) is 9.59 Å². The Labute approximate surface area is 145 Å². The molecule has 1 fully saturated rings. The van der Waals surface area contributed by atoms with Gasteiger partial charge in [0, 0.05) is 25.5 Å². The zero-order chi connectivity index (χ0) is 17.1. The van der Waals surface area contributed by atoms with Crippen LogP contribution in [0.15, 0.2) is 22.9 Å². The van der Waals surface area contributed by atoms with Crippen LogP contribution in [0.2, 0.25) is 0 Å². The molecule has 2 aromatic rings. The SMILES string of the molecule is CNC(=O)NC1CN(C(=O)C(=O)Nc2nc(-c3cccs3)cs2)C1. The lowest BCUT2D eigenvalue weighted by atomic mass is 10.1. The fourth-order valence-electron chi connectivity index (χ4n) is 2.16. The number of hydrogen-bond donors (Lipinski definition) is 3. The van der Waals surface area contributed by atoms with Crippen molar-refractivity contribution in [2.24, 2.45) is 0 Å². The summed E-state index contributed by atoms with van der Waals surface area (Å²) < 4.78 is 0. The summed E-state index contributed by atoms with van der Waals surface area (Å²) >= 11 is 2.83. The molecule has 0 aromatic carbocycles. The van der Waals surface area contributed by atoms with Gasteiger partial charge in [0.25, 0.3) is 0 Å². The van der Waals surface area contributed by atoms with Crippen LogP contribution in [0.3, 0.4) is 0 Å². The summed E-state index contributed by atoms with van der Waals surface area (Å²) in [6.07, 6.45) is 0. The molecule has 10 heteroatoms. The lowest BCUT2D eigenvalue weighted by molar-refractivity contribution is -0.146. The van der Waals surface area contributed by atoms with E-state index in [1.165, 1.54) is 23.3 Å². The van der Waals surface area contributed by atoms with E-state index in [1.54, 1.807) is 11.3 Å². The Kier molecular flexibility index (Phi) is 4.76. The summed E-state index contributed by atoms with van der Waals surface area (Å²) in [6.45, 7) is 0.635. The molecule has 4 amide bonds. The Morgan fingerprint density at radius 2 is 2.08 bits per heavy atom. The van der Waals surface area contributed by atoms with E-state index in [4.69, 9.17) is 0 Å². The molecular formula is C14H15N5O3S2. The normalized spacial score (nSPS) is 14.0. The minimum Gasteiger partial charge on any atom is -0.341 e. The van der Waals surface area contributed by atoms with E-state index in [-0.39, 0.29) is 12.1 Å². The van der Waals surface area contributed by atoms with E-state index in [1.807, 2.05) is 22.9 Å². The highest BCUT2D eigenvalue weighted by atomic mass is 32.1. The molecule has 0 bridgehead atoms.